The van der Waals surface area contributed by atoms with Crippen LogP contribution in [0.15, 0.2) is 18.2 Å². The summed E-state index contributed by atoms with van der Waals surface area (Å²) >= 11 is 0. The van der Waals surface area contributed by atoms with E-state index in [-0.39, 0.29) is 11.3 Å². The summed E-state index contributed by atoms with van der Waals surface area (Å²) in [5.74, 6) is -0.703. The molecule has 0 heterocycles. The highest BCUT2D eigenvalue weighted by molar-refractivity contribution is 5.99. The van der Waals surface area contributed by atoms with Gasteiger partial charge in [-0.05, 0) is 12.1 Å². The van der Waals surface area contributed by atoms with E-state index in [1.807, 2.05) is 0 Å². The fourth-order valence-corrected chi connectivity index (χ4v) is 1.10. The van der Waals surface area contributed by atoms with E-state index >= 15 is 0 Å². The van der Waals surface area contributed by atoms with Crippen LogP contribution in [0.1, 0.15) is 10.4 Å². The van der Waals surface area contributed by atoms with E-state index in [1.165, 1.54) is 32.4 Å². The first-order chi connectivity index (χ1) is 7.58. The fourth-order valence-electron chi connectivity index (χ4n) is 1.10. The number of carbonyl (C=O) groups excluding carboxylic acids is 1. The first-order valence-corrected chi connectivity index (χ1v) is 4.34. The van der Waals surface area contributed by atoms with E-state index < -0.39 is 12.1 Å². The summed E-state index contributed by atoms with van der Waals surface area (Å²) in [6.07, 6.45) is -0.740. The Kier molecular flexibility index (Phi) is 3.71. The van der Waals surface area contributed by atoms with Crippen LogP contribution in [-0.2, 0) is 4.74 Å². The number of anilines is 1. The Labute approximate surface area is 91.8 Å². The number of hydrogen-bond donors (Lipinski definition) is 2. The number of nitrogens with one attached hydrogen (secondary N) is 1. The number of aromatic carboxylic acids is 1. The van der Waals surface area contributed by atoms with Gasteiger partial charge in [0.2, 0.25) is 0 Å². The van der Waals surface area contributed by atoms with Crippen molar-refractivity contribution in [3.63, 3.8) is 0 Å². The molecule has 0 radical (unpaired) electrons. The summed E-state index contributed by atoms with van der Waals surface area (Å²) in [4.78, 5) is 21.8. The van der Waals surface area contributed by atoms with Gasteiger partial charge in [0.15, 0.2) is 0 Å². The maximum atomic E-state index is 11.0. The molecule has 86 valence electrons. The van der Waals surface area contributed by atoms with Crippen molar-refractivity contribution in [1.82, 2.24) is 0 Å². The predicted molar refractivity (Wildman–Crippen MR) is 56.0 cm³/mol. The number of ether oxygens (including phenoxy) is 2. The van der Waals surface area contributed by atoms with E-state index in [1.54, 1.807) is 0 Å². The van der Waals surface area contributed by atoms with Gasteiger partial charge in [0.1, 0.15) is 5.75 Å². The molecule has 1 rings (SSSR count). The van der Waals surface area contributed by atoms with Crippen molar-refractivity contribution in [3.05, 3.63) is 23.8 Å². The summed E-state index contributed by atoms with van der Waals surface area (Å²) < 4.78 is 9.30. The molecular formula is C10H11NO5. The van der Waals surface area contributed by atoms with Crippen LogP contribution in [0.2, 0.25) is 0 Å². The molecule has 0 atom stereocenters. The zero-order chi connectivity index (χ0) is 12.1. The largest absolute Gasteiger partial charge is 0.497 e. The third kappa shape index (κ3) is 2.63. The highest BCUT2D eigenvalue weighted by Gasteiger charge is 2.13. The number of hydrogen-bond acceptors (Lipinski definition) is 4. The molecule has 1 amide bonds. The lowest BCUT2D eigenvalue weighted by molar-refractivity contribution is 0.0698. The molecule has 1 aromatic carbocycles. The first-order valence-electron chi connectivity index (χ1n) is 4.34. The van der Waals surface area contributed by atoms with Crippen molar-refractivity contribution in [2.75, 3.05) is 19.5 Å². The number of carboxylic acid groups (broad SMARTS) is 1. The monoisotopic (exact) mass is 225 g/mol. The van der Waals surface area contributed by atoms with Crippen LogP contribution in [0.4, 0.5) is 10.5 Å². The van der Waals surface area contributed by atoms with Crippen LogP contribution >= 0.6 is 0 Å². The number of benzene rings is 1. The average molecular weight is 225 g/mol. The van der Waals surface area contributed by atoms with Crippen LogP contribution in [0.5, 0.6) is 5.75 Å². The Bertz CT molecular complexity index is 416. The summed E-state index contributed by atoms with van der Waals surface area (Å²) in [6, 6.07) is 4.23. The molecule has 0 unspecified atom stereocenters. The second kappa shape index (κ2) is 5.01. The van der Waals surface area contributed by atoms with E-state index in [0.717, 1.165) is 0 Å². The van der Waals surface area contributed by atoms with Gasteiger partial charge in [-0.1, -0.05) is 0 Å². The molecule has 0 aromatic heterocycles. The van der Waals surface area contributed by atoms with Gasteiger partial charge in [-0.15, -0.1) is 0 Å². The lowest BCUT2D eigenvalue weighted by Crippen LogP contribution is -2.14. The normalized spacial score (nSPS) is 9.38. The molecule has 0 saturated heterocycles. The van der Waals surface area contributed by atoms with Crippen molar-refractivity contribution in [2.45, 2.75) is 0 Å². The second-order valence-electron chi connectivity index (χ2n) is 2.83. The highest BCUT2D eigenvalue weighted by atomic mass is 16.5. The van der Waals surface area contributed by atoms with Crippen molar-refractivity contribution >= 4 is 17.7 Å². The number of carbonyl (C=O) groups is 2. The number of rotatable bonds is 3. The molecule has 0 fully saturated rings. The minimum absolute atomic E-state index is 0.0359. The zero-order valence-corrected chi connectivity index (χ0v) is 8.81. The van der Waals surface area contributed by atoms with E-state index in [0.29, 0.717) is 5.75 Å². The lowest BCUT2D eigenvalue weighted by atomic mass is 10.1. The van der Waals surface area contributed by atoms with Gasteiger partial charge in [0, 0.05) is 6.07 Å². The van der Waals surface area contributed by atoms with Gasteiger partial charge >= 0.3 is 12.1 Å². The Balaban J connectivity index is 3.10. The summed E-state index contributed by atoms with van der Waals surface area (Å²) in [6.45, 7) is 0. The maximum Gasteiger partial charge on any atom is 0.411 e. The molecule has 0 aliphatic carbocycles. The van der Waals surface area contributed by atoms with Gasteiger partial charge in [0.05, 0.1) is 25.5 Å². The topological polar surface area (TPSA) is 84.9 Å². The fraction of sp³-hybridized carbons (Fsp3) is 0.200. The molecule has 2 N–H and O–H groups in total. The number of methoxy groups -OCH3 is 2. The van der Waals surface area contributed by atoms with Crippen LogP contribution < -0.4 is 10.1 Å². The highest BCUT2D eigenvalue weighted by Crippen LogP contribution is 2.22. The van der Waals surface area contributed by atoms with E-state index in [9.17, 15) is 9.59 Å². The van der Waals surface area contributed by atoms with E-state index in [2.05, 4.69) is 10.1 Å². The molecule has 0 aliphatic heterocycles. The van der Waals surface area contributed by atoms with Gasteiger partial charge < -0.3 is 14.6 Å². The molecule has 0 saturated carbocycles. The Morgan fingerprint density at radius 2 is 2.00 bits per heavy atom. The smallest absolute Gasteiger partial charge is 0.411 e. The van der Waals surface area contributed by atoms with Crippen molar-refractivity contribution < 1.29 is 24.2 Å². The second-order valence-corrected chi connectivity index (χ2v) is 2.83. The molecule has 1 aromatic rings. The molecule has 6 heteroatoms. The third-order valence-corrected chi connectivity index (χ3v) is 1.88. The van der Waals surface area contributed by atoms with E-state index in [4.69, 9.17) is 9.84 Å². The molecule has 6 nitrogen and oxygen atoms in total. The third-order valence-electron chi connectivity index (χ3n) is 1.88. The standard InChI is InChI=1S/C10H11NO5/c1-15-6-3-4-7(9(12)13)8(5-6)11-10(14)16-2/h3-5H,1-2H3,(H,11,14)(H,12,13). The lowest BCUT2D eigenvalue weighted by Gasteiger charge is -2.09. The molecule has 0 spiro atoms. The molecular weight excluding hydrogens is 214 g/mol. The Morgan fingerprint density at radius 1 is 1.31 bits per heavy atom. The average Bonchev–Trinajstić information content (AvgIpc) is 2.28. The van der Waals surface area contributed by atoms with Gasteiger partial charge in [0.25, 0.3) is 0 Å². The van der Waals surface area contributed by atoms with Crippen LogP contribution in [0.3, 0.4) is 0 Å². The van der Waals surface area contributed by atoms with Gasteiger partial charge in [-0.2, -0.15) is 0 Å². The maximum absolute atomic E-state index is 11.0. The predicted octanol–water partition coefficient (Wildman–Crippen LogP) is 1.57. The van der Waals surface area contributed by atoms with Crippen LogP contribution in [-0.4, -0.2) is 31.4 Å². The number of amides is 1. The SMILES string of the molecule is COC(=O)Nc1cc(OC)ccc1C(=O)O. The minimum Gasteiger partial charge on any atom is -0.497 e. The quantitative estimate of drug-likeness (QED) is 0.815. The summed E-state index contributed by atoms with van der Waals surface area (Å²) in [5.41, 5.74) is 0.0879. The Hall–Kier alpha value is -2.24. The molecule has 16 heavy (non-hydrogen) atoms. The molecule has 0 aliphatic rings. The summed E-state index contributed by atoms with van der Waals surface area (Å²) in [7, 11) is 2.63. The first kappa shape index (κ1) is 11.8. The zero-order valence-electron chi connectivity index (χ0n) is 8.81. The summed E-state index contributed by atoms with van der Waals surface area (Å²) in [5, 5.41) is 11.2. The number of carboxylic acids is 1. The molecule has 0 bridgehead atoms. The Morgan fingerprint density at radius 3 is 2.50 bits per heavy atom. The van der Waals surface area contributed by atoms with Gasteiger partial charge in [-0.3, -0.25) is 5.32 Å². The van der Waals surface area contributed by atoms with Crippen molar-refractivity contribution in [3.8, 4) is 5.75 Å². The van der Waals surface area contributed by atoms with Crippen LogP contribution in [0, 0.1) is 0 Å². The van der Waals surface area contributed by atoms with Crippen molar-refractivity contribution in [1.29, 1.82) is 0 Å². The van der Waals surface area contributed by atoms with Crippen molar-refractivity contribution in [2.24, 2.45) is 0 Å². The van der Waals surface area contributed by atoms with Crippen LogP contribution in [0.25, 0.3) is 0 Å². The van der Waals surface area contributed by atoms with Gasteiger partial charge in [-0.25, -0.2) is 9.59 Å². The minimum atomic E-state index is -1.14.